The number of nitrogens with zero attached hydrogens (tertiary/aromatic N) is 3. The van der Waals surface area contributed by atoms with Crippen molar-refractivity contribution in [1.29, 1.82) is 0 Å². The zero-order valence-corrected chi connectivity index (χ0v) is 16.6. The quantitative estimate of drug-likeness (QED) is 0.742. The molecule has 5 heteroatoms. The lowest BCUT2D eigenvalue weighted by Gasteiger charge is -2.39. The zero-order valence-electron chi connectivity index (χ0n) is 16.6. The molecular weight excluding hydrogens is 348 g/mol. The van der Waals surface area contributed by atoms with E-state index in [0.29, 0.717) is 11.7 Å². The van der Waals surface area contributed by atoms with Crippen LogP contribution in [0.3, 0.4) is 0 Å². The third-order valence-corrected chi connectivity index (χ3v) is 7.80. The van der Waals surface area contributed by atoms with Gasteiger partial charge in [-0.15, -0.1) is 0 Å². The number of aromatic nitrogens is 3. The molecule has 1 amide bonds. The van der Waals surface area contributed by atoms with Crippen molar-refractivity contribution in [2.24, 2.45) is 16.7 Å². The second-order valence-corrected chi connectivity index (χ2v) is 9.11. The van der Waals surface area contributed by atoms with Crippen molar-refractivity contribution in [2.45, 2.75) is 46.1 Å². The molecule has 3 atom stereocenters. The highest BCUT2D eigenvalue weighted by molar-refractivity contribution is 5.94. The monoisotopic (exact) mass is 374 g/mol. The van der Waals surface area contributed by atoms with Crippen LogP contribution in [0.4, 0.5) is 0 Å². The molecule has 5 nitrogen and oxygen atoms in total. The van der Waals surface area contributed by atoms with Crippen LogP contribution < -0.4 is 5.32 Å². The number of fused-ring (bicyclic) bond motifs is 3. The van der Waals surface area contributed by atoms with Crippen LogP contribution in [-0.2, 0) is 0 Å². The van der Waals surface area contributed by atoms with E-state index in [9.17, 15) is 4.79 Å². The molecule has 28 heavy (non-hydrogen) atoms. The summed E-state index contributed by atoms with van der Waals surface area (Å²) in [4.78, 5) is 22.1. The first-order chi connectivity index (χ1) is 13.4. The zero-order chi connectivity index (χ0) is 19.5. The van der Waals surface area contributed by atoms with Crippen molar-refractivity contribution in [1.82, 2.24) is 19.7 Å². The van der Waals surface area contributed by atoms with Gasteiger partial charge in [-0.3, -0.25) is 14.2 Å². The number of pyridine rings is 2. The standard InChI is InChI=1S/C23H26N4O/c1-22(2)16-7-10-23(22,3)18(14-16)25-21(28)20-26-19(15-8-11-24-12-9-15)17-6-4-5-13-27(17)20/h4-6,8-9,11-13,16,18H,7,10,14H2,1-3H3,(H,25,28)/t16?,18-,23-/m0/s1. The Labute approximate surface area is 165 Å². The number of carbonyl (C=O) groups is 1. The third kappa shape index (κ3) is 2.28. The molecule has 144 valence electrons. The largest absolute Gasteiger partial charge is 0.346 e. The number of hydrogen-bond acceptors (Lipinski definition) is 3. The Kier molecular flexibility index (Phi) is 3.67. The normalized spacial score (nSPS) is 28.0. The maximum absolute atomic E-state index is 13.3. The highest BCUT2D eigenvalue weighted by atomic mass is 16.2. The van der Waals surface area contributed by atoms with Crippen molar-refractivity contribution < 1.29 is 4.79 Å². The minimum absolute atomic E-state index is 0.0870. The smallest absolute Gasteiger partial charge is 0.287 e. The average Bonchev–Trinajstić information content (AvgIpc) is 3.25. The molecule has 2 aliphatic rings. The predicted molar refractivity (Wildman–Crippen MR) is 109 cm³/mol. The first-order valence-corrected chi connectivity index (χ1v) is 10.1. The van der Waals surface area contributed by atoms with Crippen molar-refractivity contribution in [3.8, 4) is 11.3 Å². The molecule has 0 aromatic carbocycles. The molecule has 1 unspecified atom stereocenters. The lowest BCUT2D eigenvalue weighted by Crippen LogP contribution is -2.47. The lowest BCUT2D eigenvalue weighted by atomic mass is 9.69. The van der Waals surface area contributed by atoms with Crippen molar-refractivity contribution >= 4 is 11.4 Å². The van der Waals surface area contributed by atoms with Crippen molar-refractivity contribution in [2.75, 3.05) is 0 Å². The molecule has 3 heterocycles. The number of amides is 1. The molecule has 0 spiro atoms. The molecule has 3 aromatic rings. The molecule has 2 fully saturated rings. The summed E-state index contributed by atoms with van der Waals surface area (Å²) >= 11 is 0. The number of nitrogens with one attached hydrogen (secondary N) is 1. The van der Waals surface area contributed by atoms with Gasteiger partial charge in [0.05, 0.1) is 11.2 Å². The summed E-state index contributed by atoms with van der Waals surface area (Å²) in [6, 6.07) is 9.97. The first-order valence-electron chi connectivity index (χ1n) is 10.1. The van der Waals surface area contributed by atoms with Gasteiger partial charge in [-0.1, -0.05) is 26.8 Å². The molecule has 2 saturated carbocycles. The Bertz CT molecular complexity index is 1050. The van der Waals surface area contributed by atoms with Gasteiger partial charge in [0.15, 0.2) is 0 Å². The molecule has 0 radical (unpaired) electrons. The SMILES string of the molecule is CC1(C)C2CC[C@@]1(C)[C@@H](NC(=O)c1nc(-c3ccncc3)c3ccccn13)C2. The van der Waals surface area contributed by atoms with E-state index < -0.39 is 0 Å². The van der Waals surface area contributed by atoms with E-state index in [1.807, 2.05) is 40.9 Å². The van der Waals surface area contributed by atoms with E-state index in [2.05, 4.69) is 31.1 Å². The van der Waals surface area contributed by atoms with Gasteiger partial charge < -0.3 is 5.32 Å². The first kappa shape index (κ1) is 17.4. The minimum atomic E-state index is -0.0870. The summed E-state index contributed by atoms with van der Waals surface area (Å²) in [6.07, 6.45) is 8.93. The van der Waals surface area contributed by atoms with Gasteiger partial charge in [0.1, 0.15) is 0 Å². The predicted octanol–water partition coefficient (Wildman–Crippen LogP) is 4.34. The summed E-state index contributed by atoms with van der Waals surface area (Å²) in [7, 11) is 0. The second kappa shape index (κ2) is 5.90. The third-order valence-electron chi connectivity index (χ3n) is 7.80. The molecule has 2 aliphatic carbocycles. The Balaban J connectivity index is 1.51. The molecule has 0 saturated heterocycles. The summed E-state index contributed by atoms with van der Waals surface area (Å²) in [5.41, 5.74) is 3.12. The molecule has 1 N–H and O–H groups in total. The average molecular weight is 374 g/mol. The number of carbonyl (C=O) groups excluding carboxylic acids is 1. The van der Waals surface area contributed by atoms with E-state index in [-0.39, 0.29) is 22.8 Å². The van der Waals surface area contributed by atoms with Crippen LogP contribution in [0, 0.1) is 16.7 Å². The molecule has 5 rings (SSSR count). The molecule has 3 aromatic heterocycles. The minimum Gasteiger partial charge on any atom is -0.346 e. The van der Waals surface area contributed by atoms with Gasteiger partial charge in [0.25, 0.3) is 5.91 Å². The lowest BCUT2D eigenvalue weighted by molar-refractivity contribution is 0.0816. The van der Waals surface area contributed by atoms with Gasteiger partial charge in [-0.25, -0.2) is 4.98 Å². The second-order valence-electron chi connectivity index (χ2n) is 9.11. The van der Waals surface area contributed by atoms with E-state index in [1.165, 1.54) is 12.8 Å². The molecule has 0 aliphatic heterocycles. The van der Waals surface area contributed by atoms with Crippen molar-refractivity contribution in [3.05, 3.63) is 54.7 Å². The fourth-order valence-corrected chi connectivity index (χ4v) is 5.57. The van der Waals surface area contributed by atoms with E-state index in [4.69, 9.17) is 4.98 Å². The van der Waals surface area contributed by atoms with Gasteiger partial charge in [0.2, 0.25) is 5.82 Å². The number of hydrogen-bond donors (Lipinski definition) is 1. The summed E-state index contributed by atoms with van der Waals surface area (Å²) < 4.78 is 1.89. The van der Waals surface area contributed by atoms with Crippen LogP contribution in [0.15, 0.2) is 48.9 Å². The van der Waals surface area contributed by atoms with Gasteiger partial charge in [-0.2, -0.15) is 0 Å². The van der Waals surface area contributed by atoms with Crippen LogP contribution in [-0.4, -0.2) is 26.3 Å². The fourth-order valence-electron chi connectivity index (χ4n) is 5.57. The van der Waals surface area contributed by atoms with E-state index in [1.54, 1.807) is 12.4 Å². The molecule has 2 bridgehead atoms. The maximum Gasteiger partial charge on any atom is 0.287 e. The highest BCUT2D eigenvalue weighted by Crippen LogP contribution is 2.65. The topological polar surface area (TPSA) is 59.3 Å². The number of rotatable bonds is 3. The van der Waals surface area contributed by atoms with Crippen molar-refractivity contribution in [3.63, 3.8) is 0 Å². The fraction of sp³-hybridized carbons (Fsp3) is 0.435. The highest BCUT2D eigenvalue weighted by Gasteiger charge is 2.61. The van der Waals surface area contributed by atoms with Crippen LogP contribution in [0.1, 0.15) is 50.7 Å². The van der Waals surface area contributed by atoms with Gasteiger partial charge >= 0.3 is 0 Å². The van der Waals surface area contributed by atoms with E-state index in [0.717, 1.165) is 23.2 Å². The van der Waals surface area contributed by atoms with Gasteiger partial charge in [-0.05, 0) is 60.3 Å². The van der Waals surface area contributed by atoms with E-state index >= 15 is 0 Å². The summed E-state index contributed by atoms with van der Waals surface area (Å²) in [5.74, 6) is 1.05. The maximum atomic E-state index is 13.3. The van der Waals surface area contributed by atoms with Gasteiger partial charge in [0, 0.05) is 30.2 Å². The van der Waals surface area contributed by atoms with Crippen LogP contribution in [0.25, 0.3) is 16.8 Å². The Hall–Kier alpha value is -2.69. The van der Waals surface area contributed by atoms with Crippen LogP contribution in [0.2, 0.25) is 0 Å². The Morgan fingerprint density at radius 1 is 1.18 bits per heavy atom. The Morgan fingerprint density at radius 3 is 2.64 bits per heavy atom. The summed E-state index contributed by atoms with van der Waals surface area (Å²) in [5, 5.41) is 3.35. The number of imidazole rings is 1. The Morgan fingerprint density at radius 2 is 1.96 bits per heavy atom. The van der Waals surface area contributed by atoms with Crippen LogP contribution in [0.5, 0.6) is 0 Å². The van der Waals surface area contributed by atoms with Crippen LogP contribution >= 0.6 is 0 Å². The summed E-state index contributed by atoms with van der Waals surface area (Å²) in [6.45, 7) is 7.07. The molecular formula is C23H26N4O.